The van der Waals surface area contributed by atoms with Crippen molar-refractivity contribution >= 4 is 115 Å². The van der Waals surface area contributed by atoms with Gasteiger partial charge in [-0.1, -0.05) is 148 Å². The minimum atomic E-state index is -1.68. The largest absolute Gasteiger partial charge is 0.465 e. The van der Waals surface area contributed by atoms with E-state index < -0.39 is 97.7 Å². The fourth-order valence-electron chi connectivity index (χ4n) is 5.93. The highest BCUT2D eigenvalue weighted by atomic mass is 32.2. The summed E-state index contributed by atoms with van der Waals surface area (Å²) in [4.78, 5) is 104. The van der Waals surface area contributed by atoms with E-state index in [4.69, 9.17) is 18.9 Å². The molecule has 0 heterocycles. The Morgan fingerprint density at radius 3 is 0.739 bits per heavy atom. The molecule has 0 fully saturated rings. The molecule has 0 aromatic heterocycles. The smallest absolute Gasteiger partial charge is 0.306 e. The number of benzene rings is 4. The predicted molar refractivity (Wildman–Crippen MR) is 275 cm³/mol. The van der Waals surface area contributed by atoms with Crippen LogP contribution in [0.2, 0.25) is 0 Å². The molecule has 0 bridgehead atoms. The zero-order chi connectivity index (χ0) is 50.0. The minimum absolute atomic E-state index is 0.234. The molecule has 0 aliphatic carbocycles. The highest BCUT2D eigenvalue weighted by molar-refractivity contribution is 8.15. The van der Waals surface area contributed by atoms with Gasteiger partial charge in [-0.2, -0.15) is 0 Å². The summed E-state index contributed by atoms with van der Waals surface area (Å²) in [5, 5.41) is 7.14. The molecule has 0 saturated carbocycles. The number of carbonyl (C=O) groups is 8. The first kappa shape index (κ1) is 55.6. The van der Waals surface area contributed by atoms with E-state index in [-0.39, 0.29) is 25.7 Å². The van der Waals surface area contributed by atoms with Crippen molar-refractivity contribution in [1.82, 2.24) is 0 Å². The first-order chi connectivity index (χ1) is 33.0. The number of rotatable bonds is 24. The van der Waals surface area contributed by atoms with Crippen LogP contribution in [-0.4, -0.2) is 92.3 Å². The van der Waals surface area contributed by atoms with Crippen molar-refractivity contribution in [2.75, 3.05) is 47.7 Å². The number of amides is 4. The Bertz CT molecular complexity index is 1980. The maximum Gasteiger partial charge on any atom is 0.306 e. The molecule has 0 spiro atoms. The van der Waals surface area contributed by atoms with Crippen LogP contribution < -0.4 is 21.3 Å². The van der Waals surface area contributed by atoms with Gasteiger partial charge in [0, 0.05) is 43.7 Å². The molecule has 4 rings (SSSR count). The van der Waals surface area contributed by atoms with Gasteiger partial charge in [0.15, 0.2) is 0 Å². The lowest BCUT2D eigenvalue weighted by atomic mass is 9.92. The third-order valence-corrected chi connectivity index (χ3v) is 12.8. The number of esters is 4. The van der Waals surface area contributed by atoms with Gasteiger partial charge in [-0.15, -0.1) is 0 Å². The van der Waals surface area contributed by atoms with E-state index in [2.05, 4.69) is 21.3 Å². The molecule has 4 aromatic carbocycles. The molecule has 16 nitrogen and oxygen atoms in total. The summed E-state index contributed by atoms with van der Waals surface area (Å²) in [5.74, 6) is -3.02. The topological polar surface area (TPSA) is 222 Å². The van der Waals surface area contributed by atoms with Crippen LogP contribution in [0.5, 0.6) is 0 Å². The van der Waals surface area contributed by atoms with Gasteiger partial charge >= 0.3 is 23.9 Å². The Labute approximate surface area is 418 Å². The van der Waals surface area contributed by atoms with E-state index in [0.29, 0.717) is 22.7 Å². The molecule has 0 saturated heterocycles. The van der Waals surface area contributed by atoms with Crippen molar-refractivity contribution < 1.29 is 57.3 Å². The van der Waals surface area contributed by atoms with E-state index in [0.717, 1.165) is 47.0 Å². The lowest BCUT2D eigenvalue weighted by Gasteiger charge is -2.32. The molecule has 4 atom stereocenters. The standard InChI is InChI=1S/C49H56N4O12S4/c1-33(66-45(58)50-37-17-9-5-10-18-37)25-41(54)62-29-49(30-63-42(55)26-34(2)67-46(59)51-38-19-11-6-12-20-38,31-64-43(56)27-35(3)68-47(60)52-39-21-13-7-14-22-39)32-65-44(57)28-36(4)69-48(61)53-40-23-15-8-16-24-40/h5-24,33-36H,25-32H2,1-4H3,(H,50,58)(H,51,59)(H,52,60)(H,53,61). The zero-order valence-electron chi connectivity index (χ0n) is 38.5. The van der Waals surface area contributed by atoms with Gasteiger partial charge in [-0.3, -0.25) is 38.4 Å². The average Bonchev–Trinajstić information content (AvgIpc) is 3.29. The van der Waals surface area contributed by atoms with Crippen LogP contribution in [0.1, 0.15) is 53.4 Å². The highest BCUT2D eigenvalue weighted by Crippen LogP contribution is 2.27. The van der Waals surface area contributed by atoms with Gasteiger partial charge in [0.1, 0.15) is 31.8 Å². The average molecular weight is 1020 g/mol. The van der Waals surface area contributed by atoms with Gasteiger partial charge in [0.25, 0.3) is 21.0 Å². The van der Waals surface area contributed by atoms with E-state index in [1.165, 1.54) is 0 Å². The zero-order valence-corrected chi connectivity index (χ0v) is 41.8. The van der Waals surface area contributed by atoms with Crippen molar-refractivity contribution in [3.8, 4) is 0 Å². The molecule has 0 radical (unpaired) electrons. The summed E-state index contributed by atoms with van der Waals surface area (Å²) in [6.07, 6.45) is -0.938. The fraction of sp³-hybridized carbons (Fsp3) is 0.347. The third kappa shape index (κ3) is 23.3. The number of hydrogen-bond donors (Lipinski definition) is 4. The summed E-state index contributed by atoms with van der Waals surface area (Å²) in [6.45, 7) is 4.32. The van der Waals surface area contributed by atoms with E-state index >= 15 is 0 Å². The Morgan fingerprint density at radius 2 is 0.551 bits per heavy atom. The van der Waals surface area contributed by atoms with Gasteiger partial charge in [-0.05, 0) is 48.5 Å². The Hall–Kier alpha value is -5.96. The number of hydrogen-bond acceptors (Lipinski definition) is 16. The first-order valence-corrected chi connectivity index (χ1v) is 25.3. The van der Waals surface area contributed by atoms with Crippen LogP contribution in [0.25, 0.3) is 0 Å². The van der Waals surface area contributed by atoms with Gasteiger partial charge < -0.3 is 40.2 Å². The van der Waals surface area contributed by atoms with E-state index in [1.807, 2.05) is 0 Å². The monoisotopic (exact) mass is 1020 g/mol. The third-order valence-electron chi connectivity index (χ3n) is 9.29. The molecular weight excluding hydrogens is 965 g/mol. The van der Waals surface area contributed by atoms with Crippen LogP contribution >= 0.6 is 47.0 Å². The second-order valence-corrected chi connectivity index (χ2v) is 21.4. The van der Waals surface area contributed by atoms with E-state index in [1.54, 1.807) is 149 Å². The van der Waals surface area contributed by atoms with Crippen LogP contribution in [-0.2, 0) is 38.1 Å². The summed E-state index contributed by atoms with van der Waals surface area (Å²) in [5.41, 5.74) is 0.611. The minimum Gasteiger partial charge on any atom is -0.465 e. The quantitative estimate of drug-likeness (QED) is 0.0378. The van der Waals surface area contributed by atoms with Crippen molar-refractivity contribution in [2.24, 2.45) is 5.41 Å². The number of thioether (sulfide) groups is 4. The molecule has 20 heteroatoms. The normalized spacial score (nSPS) is 13.4. The van der Waals surface area contributed by atoms with Crippen LogP contribution in [0.4, 0.5) is 41.9 Å². The van der Waals surface area contributed by atoms with Crippen LogP contribution in [0, 0.1) is 5.41 Å². The van der Waals surface area contributed by atoms with Crippen molar-refractivity contribution in [3.63, 3.8) is 0 Å². The fourth-order valence-corrected chi connectivity index (χ4v) is 8.98. The maximum atomic E-state index is 13.4. The Kier molecular flexibility index (Phi) is 24.0. The predicted octanol–water partition coefficient (Wildman–Crippen LogP) is 11.1. The van der Waals surface area contributed by atoms with Gasteiger partial charge in [0.2, 0.25) is 0 Å². The summed E-state index contributed by atoms with van der Waals surface area (Å²) in [6, 6.07) is 35.1. The molecule has 69 heavy (non-hydrogen) atoms. The SMILES string of the molecule is CC(CC(=O)OCC(COC(=O)CC(C)SC(=O)Nc1ccccc1)(COC(=O)CC(C)SC(=O)Nc1ccccc1)COC(=O)CC(C)SC(=O)Nc1ccccc1)SC(=O)Nc1ccccc1. The molecule has 368 valence electrons. The molecule has 4 unspecified atom stereocenters. The lowest BCUT2D eigenvalue weighted by molar-refractivity contribution is -0.170. The number of anilines is 4. The summed E-state index contributed by atoms with van der Waals surface area (Å²) >= 11 is 3.51. The number of ether oxygens (including phenoxy) is 4. The Balaban J connectivity index is 1.47. The highest BCUT2D eigenvalue weighted by Gasteiger charge is 2.39. The van der Waals surface area contributed by atoms with Crippen molar-refractivity contribution in [3.05, 3.63) is 121 Å². The number of carbonyl (C=O) groups excluding carboxylic acids is 8. The molecule has 4 amide bonds. The molecule has 0 aliphatic rings. The van der Waals surface area contributed by atoms with Crippen molar-refractivity contribution in [1.29, 1.82) is 0 Å². The molecule has 4 N–H and O–H groups in total. The van der Waals surface area contributed by atoms with E-state index in [9.17, 15) is 38.4 Å². The van der Waals surface area contributed by atoms with Gasteiger partial charge in [0.05, 0.1) is 25.7 Å². The maximum absolute atomic E-state index is 13.4. The Morgan fingerprint density at radius 1 is 0.362 bits per heavy atom. The lowest BCUT2D eigenvalue weighted by Crippen LogP contribution is -2.44. The molecular formula is C49H56N4O12S4. The number of para-hydroxylation sites is 4. The second kappa shape index (κ2) is 29.8. The summed E-state index contributed by atoms with van der Waals surface area (Å²) < 4.78 is 22.9. The second-order valence-electron chi connectivity index (χ2n) is 15.8. The van der Waals surface area contributed by atoms with Gasteiger partial charge in [-0.25, -0.2) is 0 Å². The number of nitrogens with one attached hydrogen (secondary N) is 4. The summed E-state index contributed by atoms with van der Waals surface area (Å²) in [7, 11) is 0. The molecule has 0 aliphatic heterocycles. The molecule has 4 aromatic rings. The van der Waals surface area contributed by atoms with Crippen molar-refractivity contribution in [2.45, 2.75) is 74.4 Å². The van der Waals surface area contributed by atoms with Crippen LogP contribution in [0.15, 0.2) is 121 Å². The van der Waals surface area contributed by atoms with Crippen LogP contribution in [0.3, 0.4) is 0 Å². The first-order valence-electron chi connectivity index (χ1n) is 21.8.